The Morgan fingerprint density at radius 2 is 2.11 bits per heavy atom. The van der Waals surface area contributed by atoms with Gasteiger partial charge in [0.2, 0.25) is 0 Å². The molecule has 2 unspecified atom stereocenters. The zero-order valence-electron chi connectivity index (χ0n) is 15.2. The quantitative estimate of drug-likeness (QED) is 0.834. The van der Waals surface area contributed by atoms with E-state index in [1.807, 2.05) is 0 Å². The second-order valence-electron chi connectivity index (χ2n) is 7.52. The summed E-state index contributed by atoms with van der Waals surface area (Å²) in [4.78, 5) is 28.4. The molecule has 2 aromatic heterocycles. The summed E-state index contributed by atoms with van der Waals surface area (Å²) in [7, 11) is 1.35. The van der Waals surface area contributed by atoms with Crippen molar-refractivity contribution in [1.29, 1.82) is 0 Å². The SMILES string of the molecule is COc1c(N2CCC(F)(C(C)N)C2)c(F)cn2c(=O)[nH]c(=O)c(C3CC3)c12. The fourth-order valence-electron chi connectivity index (χ4n) is 3.91. The van der Waals surface area contributed by atoms with Crippen LogP contribution in [0.15, 0.2) is 15.8 Å². The number of nitrogens with zero attached hydrogens (tertiary/aromatic N) is 2. The Kier molecular flexibility index (Phi) is 4.03. The Hall–Kier alpha value is -2.42. The molecule has 0 amide bonds. The smallest absolute Gasteiger partial charge is 0.333 e. The van der Waals surface area contributed by atoms with E-state index in [1.165, 1.54) is 7.11 Å². The first-order chi connectivity index (χ1) is 12.8. The summed E-state index contributed by atoms with van der Waals surface area (Å²) in [6.07, 6.45) is 2.82. The molecule has 1 saturated heterocycles. The number of ether oxygens (including phenoxy) is 1. The number of hydrogen-bond acceptors (Lipinski definition) is 5. The van der Waals surface area contributed by atoms with Crippen molar-refractivity contribution in [3.8, 4) is 5.75 Å². The number of anilines is 1. The van der Waals surface area contributed by atoms with Crippen LogP contribution in [0.3, 0.4) is 0 Å². The van der Waals surface area contributed by atoms with Gasteiger partial charge >= 0.3 is 5.69 Å². The number of fused-ring (bicyclic) bond motifs is 1. The summed E-state index contributed by atoms with van der Waals surface area (Å²) in [5, 5.41) is 0. The minimum absolute atomic E-state index is 0.000492. The monoisotopic (exact) mass is 380 g/mol. The zero-order chi connectivity index (χ0) is 19.5. The van der Waals surface area contributed by atoms with Crippen molar-refractivity contribution in [1.82, 2.24) is 9.38 Å². The van der Waals surface area contributed by atoms with E-state index in [-0.39, 0.29) is 42.4 Å². The van der Waals surface area contributed by atoms with Crippen molar-refractivity contribution in [2.75, 3.05) is 25.1 Å². The molecule has 1 saturated carbocycles. The fraction of sp³-hybridized carbons (Fsp3) is 0.556. The van der Waals surface area contributed by atoms with Crippen molar-refractivity contribution in [3.63, 3.8) is 0 Å². The maximum atomic E-state index is 15.0. The molecular weight excluding hydrogens is 358 g/mol. The lowest BCUT2D eigenvalue weighted by molar-refractivity contribution is 0.160. The number of halogens is 2. The topological polar surface area (TPSA) is 92.8 Å². The number of alkyl halides is 1. The number of nitrogens with one attached hydrogen (secondary N) is 1. The molecule has 0 spiro atoms. The van der Waals surface area contributed by atoms with E-state index in [4.69, 9.17) is 10.5 Å². The van der Waals surface area contributed by atoms with Gasteiger partial charge < -0.3 is 15.4 Å². The largest absolute Gasteiger partial charge is 0.492 e. The molecule has 7 nitrogen and oxygen atoms in total. The predicted octanol–water partition coefficient (Wildman–Crippen LogP) is 1.28. The predicted molar refractivity (Wildman–Crippen MR) is 97.1 cm³/mol. The van der Waals surface area contributed by atoms with Crippen LogP contribution in [0.2, 0.25) is 0 Å². The van der Waals surface area contributed by atoms with Gasteiger partial charge in [-0.2, -0.15) is 0 Å². The first-order valence-electron chi connectivity index (χ1n) is 9.01. The highest BCUT2D eigenvalue weighted by molar-refractivity contribution is 5.78. The molecule has 4 rings (SSSR count). The van der Waals surface area contributed by atoms with Crippen LogP contribution in [0.1, 0.15) is 37.7 Å². The number of pyridine rings is 1. The van der Waals surface area contributed by atoms with Crippen molar-refractivity contribution >= 4 is 11.2 Å². The first kappa shape index (κ1) is 18.0. The van der Waals surface area contributed by atoms with E-state index in [0.717, 1.165) is 23.4 Å². The van der Waals surface area contributed by atoms with Crippen molar-refractivity contribution in [3.05, 3.63) is 38.4 Å². The summed E-state index contributed by atoms with van der Waals surface area (Å²) in [5.41, 5.74) is 3.62. The van der Waals surface area contributed by atoms with Crippen LogP contribution in [0.5, 0.6) is 5.75 Å². The van der Waals surface area contributed by atoms with E-state index < -0.39 is 28.8 Å². The number of methoxy groups -OCH3 is 1. The number of H-pyrrole nitrogens is 1. The molecule has 2 aromatic rings. The lowest BCUT2D eigenvalue weighted by Gasteiger charge is -2.27. The third-order valence-corrected chi connectivity index (χ3v) is 5.65. The summed E-state index contributed by atoms with van der Waals surface area (Å²) in [5.74, 6) is -0.641. The van der Waals surface area contributed by atoms with Gasteiger partial charge in [-0.15, -0.1) is 0 Å². The minimum atomic E-state index is -1.64. The maximum absolute atomic E-state index is 15.0. The van der Waals surface area contributed by atoms with Crippen LogP contribution in [-0.2, 0) is 0 Å². The third-order valence-electron chi connectivity index (χ3n) is 5.65. The molecule has 2 fully saturated rings. The molecule has 0 radical (unpaired) electrons. The van der Waals surface area contributed by atoms with Gasteiger partial charge in [-0.05, 0) is 25.7 Å². The van der Waals surface area contributed by atoms with Crippen LogP contribution >= 0.6 is 0 Å². The molecule has 27 heavy (non-hydrogen) atoms. The Balaban J connectivity index is 1.97. The van der Waals surface area contributed by atoms with E-state index >= 15 is 0 Å². The highest BCUT2D eigenvalue weighted by Crippen LogP contribution is 2.45. The highest BCUT2D eigenvalue weighted by Gasteiger charge is 2.43. The average Bonchev–Trinajstić information content (AvgIpc) is 3.36. The average molecular weight is 380 g/mol. The summed E-state index contributed by atoms with van der Waals surface area (Å²) in [6.45, 7) is 1.76. The molecule has 3 N–H and O–H groups in total. The van der Waals surface area contributed by atoms with E-state index in [0.29, 0.717) is 5.56 Å². The molecule has 146 valence electrons. The Morgan fingerprint density at radius 1 is 1.41 bits per heavy atom. The Labute approximate surface area is 153 Å². The van der Waals surface area contributed by atoms with E-state index in [9.17, 15) is 18.4 Å². The second kappa shape index (κ2) is 6.05. The minimum Gasteiger partial charge on any atom is -0.492 e. The first-order valence-corrected chi connectivity index (χ1v) is 9.01. The number of aromatic nitrogens is 2. The van der Waals surface area contributed by atoms with Crippen molar-refractivity contribution in [2.45, 2.75) is 43.8 Å². The number of nitrogens with two attached hydrogens (primary N) is 1. The summed E-state index contributed by atoms with van der Waals surface area (Å²) < 4.78 is 36.5. The zero-order valence-corrected chi connectivity index (χ0v) is 15.2. The van der Waals surface area contributed by atoms with Crippen LogP contribution in [0.4, 0.5) is 14.5 Å². The molecule has 1 aliphatic carbocycles. The van der Waals surface area contributed by atoms with Crippen molar-refractivity contribution in [2.24, 2.45) is 5.73 Å². The van der Waals surface area contributed by atoms with Gasteiger partial charge in [-0.1, -0.05) is 0 Å². The Bertz CT molecular complexity index is 1030. The number of hydrogen-bond donors (Lipinski definition) is 2. The second-order valence-corrected chi connectivity index (χ2v) is 7.52. The van der Waals surface area contributed by atoms with E-state index in [1.54, 1.807) is 11.8 Å². The van der Waals surface area contributed by atoms with Gasteiger partial charge in [0.15, 0.2) is 11.6 Å². The van der Waals surface area contributed by atoms with Crippen LogP contribution < -0.4 is 26.6 Å². The Morgan fingerprint density at radius 3 is 2.67 bits per heavy atom. The van der Waals surface area contributed by atoms with Crippen LogP contribution in [0, 0.1) is 5.82 Å². The van der Waals surface area contributed by atoms with Gasteiger partial charge in [0.05, 0.1) is 19.9 Å². The molecule has 0 aromatic carbocycles. The van der Waals surface area contributed by atoms with E-state index in [2.05, 4.69) is 4.98 Å². The molecule has 1 aliphatic heterocycles. The van der Waals surface area contributed by atoms with Crippen molar-refractivity contribution < 1.29 is 13.5 Å². The van der Waals surface area contributed by atoms with Gasteiger partial charge in [0.25, 0.3) is 5.56 Å². The van der Waals surface area contributed by atoms with Gasteiger partial charge in [0.1, 0.15) is 16.9 Å². The normalized spacial score (nSPS) is 23.8. The maximum Gasteiger partial charge on any atom is 0.333 e. The van der Waals surface area contributed by atoms with Gasteiger partial charge in [0, 0.05) is 24.6 Å². The number of aromatic amines is 1. The molecule has 2 aliphatic rings. The van der Waals surface area contributed by atoms with Crippen LogP contribution in [0.25, 0.3) is 5.52 Å². The molecule has 2 atom stereocenters. The van der Waals surface area contributed by atoms with Gasteiger partial charge in [-0.3, -0.25) is 14.2 Å². The molecule has 9 heteroatoms. The van der Waals surface area contributed by atoms with Gasteiger partial charge in [-0.25, -0.2) is 13.6 Å². The summed E-state index contributed by atoms with van der Waals surface area (Å²) in [6, 6.07) is -0.704. The lowest BCUT2D eigenvalue weighted by atomic mass is 9.98. The summed E-state index contributed by atoms with van der Waals surface area (Å²) >= 11 is 0. The third kappa shape index (κ3) is 2.72. The fourth-order valence-corrected chi connectivity index (χ4v) is 3.91. The lowest BCUT2D eigenvalue weighted by Crippen LogP contribution is -2.44. The number of rotatable bonds is 4. The van der Waals surface area contributed by atoms with Crippen LogP contribution in [-0.4, -0.2) is 41.3 Å². The molecular formula is C18H22F2N4O3. The standard InChI is InChI=1S/C18H22F2N4O3/c1-9(21)18(20)5-6-23(8-18)13-11(19)7-24-14(15(13)27-2)12(10-3-4-10)16(25)22-17(24)26/h7,9-10H,3-6,8,21H2,1-2H3,(H,22,25,26). The highest BCUT2D eigenvalue weighted by atomic mass is 19.1. The molecule has 3 heterocycles. The molecule has 0 bridgehead atoms.